The molecule has 1 aromatic carbocycles. The van der Waals surface area contributed by atoms with Crippen LogP contribution in [0, 0.1) is 5.92 Å². The first-order valence-corrected chi connectivity index (χ1v) is 7.04. The van der Waals surface area contributed by atoms with Gasteiger partial charge < -0.3 is 14.8 Å². The van der Waals surface area contributed by atoms with Gasteiger partial charge in [0, 0.05) is 12.0 Å². The second-order valence-electron chi connectivity index (χ2n) is 5.25. The number of benzene rings is 1. The van der Waals surface area contributed by atoms with Crippen molar-refractivity contribution in [3.05, 3.63) is 29.5 Å². The van der Waals surface area contributed by atoms with Crippen LogP contribution in [0.5, 0.6) is 11.5 Å². The van der Waals surface area contributed by atoms with Crippen LogP contribution in [-0.4, -0.2) is 26.0 Å². The fraction of sp³-hybridized carbons (Fsp3) is 0.375. The van der Waals surface area contributed by atoms with E-state index in [-0.39, 0.29) is 5.91 Å². The molecule has 1 aromatic rings. The molecule has 1 N–H and O–H groups in total. The molecule has 5 heteroatoms. The molecule has 1 fully saturated rings. The maximum Gasteiger partial charge on any atom is 0.275 e. The van der Waals surface area contributed by atoms with Crippen molar-refractivity contribution < 1.29 is 14.3 Å². The maximum atomic E-state index is 12.0. The molecule has 110 valence electrons. The number of aliphatic imine (C=N–C) groups is 1. The third-order valence-corrected chi connectivity index (χ3v) is 3.88. The highest BCUT2D eigenvalue weighted by molar-refractivity contribution is 6.15. The molecule has 1 saturated carbocycles. The van der Waals surface area contributed by atoms with Crippen LogP contribution in [0.25, 0.3) is 6.08 Å². The Kier molecular flexibility index (Phi) is 3.64. The van der Waals surface area contributed by atoms with Crippen molar-refractivity contribution in [2.45, 2.75) is 19.3 Å². The normalized spacial score (nSPS) is 20.0. The van der Waals surface area contributed by atoms with Crippen molar-refractivity contribution in [2.24, 2.45) is 10.9 Å². The third kappa shape index (κ3) is 2.77. The highest BCUT2D eigenvalue weighted by Gasteiger charge is 2.30. The lowest BCUT2D eigenvalue weighted by molar-refractivity contribution is -0.115. The fourth-order valence-electron chi connectivity index (χ4n) is 2.43. The van der Waals surface area contributed by atoms with E-state index in [9.17, 15) is 4.79 Å². The Morgan fingerprint density at radius 1 is 1.19 bits per heavy atom. The van der Waals surface area contributed by atoms with Crippen LogP contribution >= 0.6 is 0 Å². The first kappa shape index (κ1) is 13.7. The predicted octanol–water partition coefficient (Wildman–Crippen LogP) is 2.37. The zero-order valence-electron chi connectivity index (χ0n) is 12.2. The molecule has 1 aliphatic heterocycles. The van der Waals surface area contributed by atoms with E-state index < -0.39 is 0 Å². The summed E-state index contributed by atoms with van der Waals surface area (Å²) in [6.45, 7) is 0. The summed E-state index contributed by atoms with van der Waals surface area (Å²) in [5.41, 5.74) is 1.27. The Balaban J connectivity index is 1.90. The lowest BCUT2D eigenvalue weighted by Gasteiger charge is -2.24. The lowest BCUT2D eigenvalue weighted by atomic mass is 9.84. The van der Waals surface area contributed by atoms with Crippen molar-refractivity contribution in [3.63, 3.8) is 0 Å². The predicted molar refractivity (Wildman–Crippen MR) is 80.4 cm³/mol. The standard InChI is InChI=1S/C16H18N2O3/c1-20-12-6-10(7-13(9-12)21-2)8-14-16(19)18-15(17-14)11-4-3-5-11/h6-9,11H,3-5H2,1-2H3,(H,17,18,19)/b14-8+. The number of hydrogen-bond donors (Lipinski definition) is 1. The third-order valence-electron chi connectivity index (χ3n) is 3.88. The summed E-state index contributed by atoms with van der Waals surface area (Å²) in [5.74, 6) is 2.45. The monoisotopic (exact) mass is 286 g/mol. The number of carbonyl (C=O) groups is 1. The molecule has 0 radical (unpaired) electrons. The highest BCUT2D eigenvalue weighted by atomic mass is 16.5. The van der Waals surface area contributed by atoms with E-state index in [1.165, 1.54) is 6.42 Å². The number of amides is 1. The smallest absolute Gasteiger partial charge is 0.275 e. The van der Waals surface area contributed by atoms with Crippen LogP contribution in [0.1, 0.15) is 24.8 Å². The lowest BCUT2D eigenvalue weighted by Crippen LogP contribution is -2.33. The summed E-state index contributed by atoms with van der Waals surface area (Å²) in [6, 6.07) is 5.49. The molecule has 0 spiro atoms. The number of amidine groups is 1. The molecule has 1 amide bonds. The number of nitrogens with zero attached hydrogens (tertiary/aromatic N) is 1. The largest absolute Gasteiger partial charge is 0.497 e. The van der Waals surface area contributed by atoms with E-state index in [0.29, 0.717) is 23.1 Å². The van der Waals surface area contributed by atoms with Gasteiger partial charge in [0.15, 0.2) is 0 Å². The minimum atomic E-state index is -0.140. The molecule has 1 aliphatic carbocycles. The van der Waals surface area contributed by atoms with Crippen molar-refractivity contribution in [2.75, 3.05) is 14.2 Å². The summed E-state index contributed by atoms with van der Waals surface area (Å²) in [4.78, 5) is 16.4. The Morgan fingerprint density at radius 3 is 2.38 bits per heavy atom. The Bertz CT molecular complexity index is 608. The molecule has 0 bridgehead atoms. The van der Waals surface area contributed by atoms with Crippen molar-refractivity contribution in [1.29, 1.82) is 0 Å². The zero-order valence-corrected chi connectivity index (χ0v) is 12.2. The maximum absolute atomic E-state index is 12.0. The number of nitrogens with one attached hydrogen (secondary N) is 1. The van der Waals surface area contributed by atoms with Crippen LogP contribution in [0.3, 0.4) is 0 Å². The van der Waals surface area contributed by atoms with Gasteiger partial charge in [0.05, 0.1) is 14.2 Å². The van der Waals surface area contributed by atoms with E-state index >= 15 is 0 Å². The van der Waals surface area contributed by atoms with E-state index in [1.807, 2.05) is 12.1 Å². The molecule has 1 heterocycles. The van der Waals surface area contributed by atoms with Gasteiger partial charge in [-0.1, -0.05) is 6.42 Å². The molecule has 3 rings (SSSR count). The Morgan fingerprint density at radius 2 is 1.86 bits per heavy atom. The SMILES string of the molecule is COc1cc(/C=C2/N=C(C3CCC3)NC2=O)cc(OC)c1. The first-order chi connectivity index (χ1) is 10.2. The summed E-state index contributed by atoms with van der Waals surface area (Å²) >= 11 is 0. The van der Waals surface area contributed by atoms with E-state index in [2.05, 4.69) is 10.3 Å². The van der Waals surface area contributed by atoms with Gasteiger partial charge in [0.1, 0.15) is 23.0 Å². The topological polar surface area (TPSA) is 59.9 Å². The van der Waals surface area contributed by atoms with Crippen LogP contribution in [0.4, 0.5) is 0 Å². The van der Waals surface area contributed by atoms with Crippen LogP contribution < -0.4 is 14.8 Å². The van der Waals surface area contributed by atoms with Crippen LogP contribution in [0.2, 0.25) is 0 Å². The molecule has 0 aromatic heterocycles. The number of rotatable bonds is 4. The molecule has 0 unspecified atom stereocenters. The Hall–Kier alpha value is -2.30. The minimum absolute atomic E-state index is 0.140. The summed E-state index contributed by atoms with van der Waals surface area (Å²) in [5, 5.41) is 2.86. The fourth-order valence-corrected chi connectivity index (χ4v) is 2.43. The highest BCUT2D eigenvalue weighted by Crippen LogP contribution is 2.30. The van der Waals surface area contributed by atoms with Crippen molar-refractivity contribution in [1.82, 2.24) is 5.32 Å². The summed E-state index contributed by atoms with van der Waals surface area (Å²) in [6.07, 6.45) is 5.19. The van der Waals surface area contributed by atoms with Gasteiger partial charge in [-0.15, -0.1) is 0 Å². The Labute approximate surface area is 123 Å². The molecule has 0 saturated heterocycles. The molecule has 21 heavy (non-hydrogen) atoms. The van der Waals surface area contributed by atoms with E-state index in [4.69, 9.17) is 9.47 Å². The van der Waals surface area contributed by atoms with Crippen molar-refractivity contribution in [3.8, 4) is 11.5 Å². The summed E-state index contributed by atoms with van der Waals surface area (Å²) < 4.78 is 10.5. The van der Waals surface area contributed by atoms with Gasteiger partial charge in [-0.25, -0.2) is 4.99 Å². The van der Waals surface area contributed by atoms with Gasteiger partial charge in [0.25, 0.3) is 5.91 Å². The van der Waals surface area contributed by atoms with Gasteiger partial charge in [-0.05, 0) is 36.6 Å². The minimum Gasteiger partial charge on any atom is -0.497 e. The zero-order chi connectivity index (χ0) is 14.8. The average molecular weight is 286 g/mol. The first-order valence-electron chi connectivity index (χ1n) is 7.04. The van der Waals surface area contributed by atoms with E-state index in [0.717, 1.165) is 24.2 Å². The van der Waals surface area contributed by atoms with Gasteiger partial charge in [-0.2, -0.15) is 0 Å². The second kappa shape index (κ2) is 5.60. The number of methoxy groups -OCH3 is 2. The van der Waals surface area contributed by atoms with Crippen LogP contribution in [0.15, 0.2) is 28.9 Å². The molecule has 0 atom stereocenters. The number of hydrogen-bond acceptors (Lipinski definition) is 4. The molecular weight excluding hydrogens is 268 g/mol. The quantitative estimate of drug-likeness (QED) is 0.864. The van der Waals surface area contributed by atoms with Gasteiger partial charge >= 0.3 is 0 Å². The number of carbonyl (C=O) groups excluding carboxylic acids is 1. The number of ether oxygens (including phenoxy) is 2. The molecule has 2 aliphatic rings. The molecular formula is C16H18N2O3. The van der Waals surface area contributed by atoms with Gasteiger partial charge in [0.2, 0.25) is 0 Å². The summed E-state index contributed by atoms with van der Waals surface area (Å²) in [7, 11) is 3.20. The van der Waals surface area contributed by atoms with Gasteiger partial charge in [-0.3, -0.25) is 4.79 Å². The van der Waals surface area contributed by atoms with Crippen molar-refractivity contribution >= 4 is 17.8 Å². The van der Waals surface area contributed by atoms with Crippen LogP contribution in [-0.2, 0) is 4.79 Å². The average Bonchev–Trinajstić information content (AvgIpc) is 2.77. The second-order valence-corrected chi connectivity index (χ2v) is 5.25. The molecule has 5 nitrogen and oxygen atoms in total. The van der Waals surface area contributed by atoms with E-state index in [1.54, 1.807) is 26.4 Å².